The number of benzene rings is 1. The molecule has 13 N–H and O–H groups in total. The van der Waals surface area contributed by atoms with Gasteiger partial charge >= 0.3 is 5.97 Å². The number of hydrogen-bond acceptors (Lipinski definition) is 10. The number of aromatic amines is 1. The third-order valence-electron chi connectivity index (χ3n) is 8.89. The molecule has 0 saturated carbocycles. The molecule has 2 heterocycles. The van der Waals surface area contributed by atoms with E-state index in [9.17, 15) is 38.7 Å². The number of imidazole rings is 1. The van der Waals surface area contributed by atoms with E-state index in [1.807, 2.05) is 0 Å². The van der Waals surface area contributed by atoms with Crippen LogP contribution in [0.25, 0.3) is 0 Å². The van der Waals surface area contributed by atoms with Crippen LogP contribution in [-0.2, 0) is 46.4 Å². The number of nitrogens with zero attached hydrogens (tertiary/aromatic N) is 3. The van der Waals surface area contributed by atoms with Gasteiger partial charge in [-0.05, 0) is 52.0 Å². The van der Waals surface area contributed by atoms with Gasteiger partial charge in [0.05, 0.1) is 12.4 Å². The summed E-state index contributed by atoms with van der Waals surface area (Å²) in [4.78, 5) is 103. The molecule has 300 valence electrons. The molecule has 0 spiro atoms. The van der Waals surface area contributed by atoms with Gasteiger partial charge in [0.15, 0.2) is 5.96 Å². The summed E-state index contributed by atoms with van der Waals surface area (Å²) in [6.45, 7) is 4.67. The molecular formula is C35H52N12O8. The second-order valence-electron chi connectivity index (χ2n) is 13.4. The Morgan fingerprint density at radius 3 is 2.04 bits per heavy atom. The van der Waals surface area contributed by atoms with Gasteiger partial charge in [0.1, 0.15) is 36.3 Å². The monoisotopic (exact) mass is 768 g/mol. The van der Waals surface area contributed by atoms with E-state index in [-0.39, 0.29) is 44.7 Å². The molecule has 6 amide bonds. The molecule has 1 aromatic carbocycles. The van der Waals surface area contributed by atoms with E-state index in [0.717, 1.165) is 0 Å². The van der Waals surface area contributed by atoms with Crippen molar-refractivity contribution in [1.82, 2.24) is 41.5 Å². The average molecular weight is 769 g/mol. The van der Waals surface area contributed by atoms with Gasteiger partial charge in [-0.3, -0.25) is 33.8 Å². The first kappa shape index (κ1) is 43.4. The quantitative estimate of drug-likeness (QED) is 0.0370. The van der Waals surface area contributed by atoms with E-state index < -0.39 is 83.7 Å². The summed E-state index contributed by atoms with van der Waals surface area (Å²) >= 11 is 0. The minimum Gasteiger partial charge on any atom is -0.480 e. The highest BCUT2D eigenvalue weighted by atomic mass is 16.4. The number of guanidine groups is 1. The van der Waals surface area contributed by atoms with E-state index >= 15 is 0 Å². The molecule has 0 unspecified atom stereocenters. The summed E-state index contributed by atoms with van der Waals surface area (Å²) in [7, 11) is 0. The number of aliphatic carboxylic acids is 1. The zero-order valence-electron chi connectivity index (χ0n) is 31.1. The van der Waals surface area contributed by atoms with Gasteiger partial charge in [0.25, 0.3) is 0 Å². The van der Waals surface area contributed by atoms with Gasteiger partial charge in [-0.1, -0.05) is 30.3 Å². The number of rotatable bonds is 20. The lowest BCUT2D eigenvalue weighted by Gasteiger charge is -2.30. The number of likely N-dealkylation sites (tertiary alicyclic amines) is 1. The van der Waals surface area contributed by atoms with Gasteiger partial charge in [0, 0.05) is 37.8 Å². The molecule has 0 radical (unpaired) electrons. The van der Waals surface area contributed by atoms with Crippen LogP contribution >= 0.6 is 0 Å². The van der Waals surface area contributed by atoms with Crippen LogP contribution in [0.4, 0.5) is 0 Å². The second-order valence-corrected chi connectivity index (χ2v) is 13.4. The number of hydrogen-bond donors (Lipinski definition) is 10. The minimum absolute atomic E-state index is 0.0299. The maximum absolute atomic E-state index is 14.0. The molecule has 1 aliphatic rings. The van der Waals surface area contributed by atoms with Crippen molar-refractivity contribution in [2.24, 2.45) is 22.2 Å². The van der Waals surface area contributed by atoms with Gasteiger partial charge in [-0.15, -0.1) is 0 Å². The number of aromatic nitrogens is 2. The fraction of sp³-hybridized carbons (Fsp3) is 0.514. The number of carbonyl (C=O) groups excluding carboxylic acids is 6. The lowest BCUT2D eigenvalue weighted by molar-refractivity contribution is -0.145. The summed E-state index contributed by atoms with van der Waals surface area (Å²) in [6.07, 6.45) is 4.35. The summed E-state index contributed by atoms with van der Waals surface area (Å²) in [5, 5.41) is 22.5. The predicted octanol–water partition coefficient (Wildman–Crippen LogP) is -2.86. The van der Waals surface area contributed by atoms with Crippen molar-refractivity contribution in [2.45, 2.75) is 102 Å². The third-order valence-corrected chi connectivity index (χ3v) is 8.89. The lowest BCUT2D eigenvalue weighted by Crippen LogP contribution is -2.59. The normalized spacial score (nSPS) is 16.9. The third kappa shape index (κ3) is 13.7. The number of carboxylic acids is 1. The molecule has 2 aromatic rings. The largest absolute Gasteiger partial charge is 0.480 e. The van der Waals surface area contributed by atoms with Crippen molar-refractivity contribution in [2.75, 3.05) is 13.1 Å². The second kappa shape index (κ2) is 21.0. The number of aliphatic imine (C=N–C) groups is 1. The van der Waals surface area contributed by atoms with E-state index in [1.54, 1.807) is 30.3 Å². The van der Waals surface area contributed by atoms with Crippen molar-refractivity contribution in [3.05, 3.63) is 54.1 Å². The fourth-order valence-corrected chi connectivity index (χ4v) is 5.78. The number of amides is 6. The number of carbonyl (C=O) groups is 7. The Hall–Kier alpha value is -6.05. The molecule has 1 aromatic heterocycles. The first-order valence-corrected chi connectivity index (χ1v) is 17.9. The van der Waals surface area contributed by atoms with Crippen LogP contribution in [0, 0.1) is 0 Å². The topological polar surface area (TPSA) is 322 Å². The standard InChI is InChI=1S/C35H52N12O8/c1-19(42-29(49)20(2)44-31(51)24(36)11-7-13-40-35(37)38)28(48)43-21(3)30(50)45-25(16-23-17-39-18-41-23)33(53)47-14-8-12-27(47)32(52)46-26(34(54)55)15-22-9-5-4-6-10-22/h4-6,9-10,17-21,24-27H,7-8,11-16,36H2,1-3H3,(H,39,41)(H,42,49)(H,43,48)(H,44,51)(H,45,50)(H,46,52)(H,54,55)(H4,37,38,40)/t19-,20-,21-,24-,25-,26-,27-/m0/s1. The van der Waals surface area contributed by atoms with Crippen LogP contribution in [0.3, 0.4) is 0 Å². The maximum Gasteiger partial charge on any atom is 0.326 e. The maximum atomic E-state index is 14.0. The Bertz CT molecular complexity index is 1670. The molecule has 1 saturated heterocycles. The Labute approximate surface area is 318 Å². The molecule has 1 fully saturated rings. The van der Waals surface area contributed by atoms with Crippen LogP contribution in [-0.4, -0.2) is 123 Å². The SMILES string of the molecule is C[C@H](NC(=O)[C@H](C)NC(=O)[C@@H](N)CCCN=C(N)N)C(=O)N[C@@H](C)C(=O)N[C@@H](Cc1cnc[nH]1)C(=O)N1CCC[C@H]1C(=O)N[C@@H](Cc1ccccc1)C(=O)O. The fourth-order valence-electron chi connectivity index (χ4n) is 5.78. The van der Waals surface area contributed by atoms with Crippen molar-refractivity contribution in [3.63, 3.8) is 0 Å². The van der Waals surface area contributed by atoms with Crippen molar-refractivity contribution in [1.29, 1.82) is 0 Å². The summed E-state index contributed by atoms with van der Waals surface area (Å²) < 4.78 is 0. The minimum atomic E-state index is -1.23. The van der Waals surface area contributed by atoms with E-state index in [2.05, 4.69) is 41.5 Å². The molecule has 3 rings (SSSR count). The van der Waals surface area contributed by atoms with Crippen LogP contribution < -0.4 is 43.8 Å². The van der Waals surface area contributed by atoms with Crippen LogP contribution in [0.15, 0.2) is 47.8 Å². The Kier molecular flexibility index (Phi) is 16.6. The zero-order valence-corrected chi connectivity index (χ0v) is 31.1. The van der Waals surface area contributed by atoms with Crippen molar-refractivity contribution >= 4 is 47.4 Å². The number of H-pyrrole nitrogens is 1. The Balaban J connectivity index is 1.59. The molecule has 20 nitrogen and oxygen atoms in total. The van der Waals surface area contributed by atoms with Gasteiger partial charge in [-0.2, -0.15) is 0 Å². The van der Waals surface area contributed by atoms with Gasteiger partial charge < -0.3 is 58.8 Å². The number of carboxylic acid groups (broad SMARTS) is 1. The summed E-state index contributed by atoms with van der Waals surface area (Å²) in [6, 6.07) is 1.14. The first-order valence-electron chi connectivity index (χ1n) is 17.9. The first-order chi connectivity index (χ1) is 26.1. The molecule has 20 heteroatoms. The Morgan fingerprint density at radius 1 is 0.873 bits per heavy atom. The molecule has 7 atom stereocenters. The summed E-state index contributed by atoms with van der Waals surface area (Å²) in [5.41, 5.74) is 17.7. The number of nitrogens with one attached hydrogen (secondary N) is 6. The van der Waals surface area contributed by atoms with Crippen molar-refractivity contribution in [3.8, 4) is 0 Å². The Morgan fingerprint density at radius 2 is 1.47 bits per heavy atom. The predicted molar refractivity (Wildman–Crippen MR) is 199 cm³/mol. The average Bonchev–Trinajstić information content (AvgIpc) is 3.85. The van der Waals surface area contributed by atoms with E-state index in [1.165, 1.54) is 38.2 Å². The highest BCUT2D eigenvalue weighted by Gasteiger charge is 2.39. The van der Waals surface area contributed by atoms with Crippen LogP contribution in [0.1, 0.15) is 57.7 Å². The molecular weight excluding hydrogens is 716 g/mol. The molecule has 55 heavy (non-hydrogen) atoms. The van der Waals surface area contributed by atoms with Crippen molar-refractivity contribution < 1.29 is 38.7 Å². The van der Waals surface area contributed by atoms with Crippen LogP contribution in [0.5, 0.6) is 0 Å². The summed E-state index contributed by atoms with van der Waals surface area (Å²) in [5.74, 6) is -5.22. The molecule has 0 bridgehead atoms. The van der Waals surface area contributed by atoms with Crippen LogP contribution in [0.2, 0.25) is 0 Å². The van der Waals surface area contributed by atoms with E-state index in [4.69, 9.17) is 17.2 Å². The zero-order chi connectivity index (χ0) is 40.7. The molecule has 0 aliphatic carbocycles. The number of nitrogens with two attached hydrogens (primary N) is 3. The highest BCUT2D eigenvalue weighted by Crippen LogP contribution is 2.20. The van der Waals surface area contributed by atoms with Gasteiger partial charge in [0.2, 0.25) is 35.4 Å². The molecule has 1 aliphatic heterocycles. The smallest absolute Gasteiger partial charge is 0.326 e. The van der Waals surface area contributed by atoms with Gasteiger partial charge in [-0.25, -0.2) is 9.78 Å². The highest BCUT2D eigenvalue weighted by molar-refractivity contribution is 5.97. The van der Waals surface area contributed by atoms with E-state index in [0.29, 0.717) is 24.1 Å². The lowest BCUT2D eigenvalue weighted by atomic mass is 10.0.